The summed E-state index contributed by atoms with van der Waals surface area (Å²) in [5.41, 5.74) is 3.22. The van der Waals surface area contributed by atoms with Crippen LogP contribution in [0.1, 0.15) is 56.0 Å². The van der Waals surface area contributed by atoms with Crippen LogP contribution in [0.5, 0.6) is 0 Å². The van der Waals surface area contributed by atoms with Gasteiger partial charge in [0.2, 0.25) is 5.91 Å². The molecular formula is C25H33N3O2. The van der Waals surface area contributed by atoms with Gasteiger partial charge >= 0.3 is 0 Å². The van der Waals surface area contributed by atoms with Crippen LogP contribution in [0, 0.1) is 5.92 Å². The van der Waals surface area contributed by atoms with Crippen LogP contribution in [0.3, 0.4) is 0 Å². The molecule has 0 saturated carbocycles. The average Bonchev–Trinajstić information content (AvgIpc) is 2.69. The zero-order valence-electron chi connectivity index (χ0n) is 18.5. The van der Waals surface area contributed by atoms with Crippen molar-refractivity contribution in [3.8, 4) is 0 Å². The lowest BCUT2D eigenvalue weighted by Gasteiger charge is -2.28. The van der Waals surface area contributed by atoms with Crippen molar-refractivity contribution < 1.29 is 9.59 Å². The first-order chi connectivity index (χ1) is 14.2. The second-order valence-electron chi connectivity index (χ2n) is 9.36. The van der Waals surface area contributed by atoms with Gasteiger partial charge in [-0.1, -0.05) is 39.0 Å². The highest BCUT2D eigenvalue weighted by molar-refractivity contribution is 6.04. The van der Waals surface area contributed by atoms with E-state index in [0.29, 0.717) is 29.3 Å². The van der Waals surface area contributed by atoms with E-state index < -0.39 is 0 Å². The van der Waals surface area contributed by atoms with Gasteiger partial charge in [0.15, 0.2) is 0 Å². The predicted octanol–water partition coefficient (Wildman–Crippen LogP) is 4.91. The maximum atomic E-state index is 12.6. The molecule has 2 aromatic rings. The molecule has 5 nitrogen and oxygen atoms in total. The third kappa shape index (κ3) is 6.17. The Morgan fingerprint density at radius 1 is 0.967 bits per heavy atom. The smallest absolute Gasteiger partial charge is 0.255 e. The summed E-state index contributed by atoms with van der Waals surface area (Å²) in [7, 11) is 2.12. The van der Waals surface area contributed by atoms with E-state index in [1.807, 2.05) is 42.5 Å². The van der Waals surface area contributed by atoms with E-state index >= 15 is 0 Å². The van der Waals surface area contributed by atoms with Crippen molar-refractivity contribution in [2.24, 2.45) is 5.92 Å². The molecular weight excluding hydrogens is 374 g/mol. The summed E-state index contributed by atoms with van der Waals surface area (Å²) in [6, 6.07) is 15.0. The number of rotatable bonds is 5. The molecule has 3 rings (SSSR count). The van der Waals surface area contributed by atoms with Crippen LogP contribution in [0.4, 0.5) is 11.4 Å². The molecule has 1 aliphatic rings. The number of likely N-dealkylation sites (tertiary alicyclic amines) is 1. The highest BCUT2D eigenvalue weighted by atomic mass is 16.2. The van der Waals surface area contributed by atoms with E-state index in [9.17, 15) is 9.59 Å². The Hall–Kier alpha value is -2.66. The molecule has 1 saturated heterocycles. The van der Waals surface area contributed by atoms with Gasteiger partial charge in [0.25, 0.3) is 5.91 Å². The number of carbonyl (C=O) groups is 2. The second-order valence-corrected chi connectivity index (χ2v) is 9.36. The number of nitrogens with one attached hydrogen (secondary N) is 2. The SMILES string of the molecule is CN1CCC(CC(=O)Nc2cccc(NC(=O)c3ccc(C(C)(C)C)cc3)c2)CC1. The van der Waals surface area contributed by atoms with Gasteiger partial charge < -0.3 is 15.5 Å². The molecule has 5 heteroatoms. The third-order valence-corrected chi connectivity index (χ3v) is 5.73. The van der Waals surface area contributed by atoms with Crippen molar-refractivity contribution in [2.75, 3.05) is 30.8 Å². The molecule has 0 aromatic heterocycles. The number of benzene rings is 2. The molecule has 0 aliphatic carbocycles. The average molecular weight is 408 g/mol. The number of carbonyl (C=O) groups excluding carboxylic acids is 2. The quantitative estimate of drug-likeness (QED) is 0.740. The first kappa shape index (κ1) is 22.0. The van der Waals surface area contributed by atoms with Gasteiger partial charge in [-0.05, 0) is 80.2 Å². The summed E-state index contributed by atoms with van der Waals surface area (Å²) in [5, 5.41) is 5.89. The Bertz CT molecular complexity index is 876. The van der Waals surface area contributed by atoms with Gasteiger partial charge in [-0.3, -0.25) is 9.59 Å². The van der Waals surface area contributed by atoms with E-state index in [0.717, 1.165) is 25.9 Å². The molecule has 1 aliphatic heterocycles. The van der Waals surface area contributed by atoms with Gasteiger partial charge in [0.1, 0.15) is 0 Å². The van der Waals surface area contributed by atoms with Crippen LogP contribution in [0.25, 0.3) is 0 Å². The van der Waals surface area contributed by atoms with Crippen LogP contribution < -0.4 is 10.6 Å². The van der Waals surface area contributed by atoms with Crippen LogP contribution in [0.15, 0.2) is 48.5 Å². The highest BCUT2D eigenvalue weighted by Gasteiger charge is 2.19. The maximum absolute atomic E-state index is 12.6. The summed E-state index contributed by atoms with van der Waals surface area (Å²) in [6.07, 6.45) is 2.67. The molecule has 30 heavy (non-hydrogen) atoms. The molecule has 1 heterocycles. The van der Waals surface area contributed by atoms with Crippen LogP contribution in [-0.2, 0) is 10.2 Å². The molecule has 160 valence electrons. The van der Waals surface area contributed by atoms with Gasteiger partial charge in [0, 0.05) is 23.4 Å². The number of hydrogen-bond acceptors (Lipinski definition) is 3. The number of amides is 2. The first-order valence-electron chi connectivity index (χ1n) is 10.7. The van der Waals surface area contributed by atoms with E-state index in [1.54, 1.807) is 6.07 Å². The fourth-order valence-corrected chi connectivity index (χ4v) is 3.74. The van der Waals surface area contributed by atoms with Crippen LogP contribution in [-0.4, -0.2) is 36.9 Å². The summed E-state index contributed by atoms with van der Waals surface area (Å²) in [6.45, 7) is 8.55. The predicted molar refractivity (Wildman–Crippen MR) is 123 cm³/mol. The van der Waals surface area contributed by atoms with Crippen molar-refractivity contribution in [3.05, 3.63) is 59.7 Å². The van der Waals surface area contributed by atoms with Crippen molar-refractivity contribution in [1.82, 2.24) is 4.90 Å². The number of hydrogen-bond donors (Lipinski definition) is 2. The van der Waals surface area contributed by atoms with Gasteiger partial charge in [0.05, 0.1) is 0 Å². The van der Waals surface area contributed by atoms with E-state index in [4.69, 9.17) is 0 Å². The van der Waals surface area contributed by atoms with Crippen molar-refractivity contribution >= 4 is 23.2 Å². The number of piperidine rings is 1. The Morgan fingerprint density at radius 2 is 1.57 bits per heavy atom. The molecule has 0 bridgehead atoms. The topological polar surface area (TPSA) is 61.4 Å². The highest BCUT2D eigenvalue weighted by Crippen LogP contribution is 2.23. The van der Waals surface area contributed by atoms with Crippen LogP contribution in [0.2, 0.25) is 0 Å². The normalized spacial score (nSPS) is 15.6. The summed E-state index contributed by atoms with van der Waals surface area (Å²) >= 11 is 0. The molecule has 0 atom stereocenters. The Labute approximate surface area is 179 Å². The zero-order chi connectivity index (χ0) is 21.7. The second kappa shape index (κ2) is 9.43. The molecule has 0 unspecified atom stereocenters. The molecule has 0 radical (unpaired) electrons. The fourth-order valence-electron chi connectivity index (χ4n) is 3.74. The van der Waals surface area contributed by atoms with E-state index in [-0.39, 0.29) is 17.2 Å². The van der Waals surface area contributed by atoms with Gasteiger partial charge in [-0.15, -0.1) is 0 Å². The first-order valence-corrected chi connectivity index (χ1v) is 10.7. The zero-order valence-corrected chi connectivity index (χ0v) is 18.5. The minimum atomic E-state index is -0.162. The van der Waals surface area contributed by atoms with Crippen LogP contribution >= 0.6 is 0 Å². The summed E-state index contributed by atoms with van der Waals surface area (Å²) < 4.78 is 0. The minimum Gasteiger partial charge on any atom is -0.326 e. The molecule has 2 amide bonds. The van der Waals surface area contributed by atoms with Gasteiger partial charge in [-0.2, -0.15) is 0 Å². The summed E-state index contributed by atoms with van der Waals surface area (Å²) in [4.78, 5) is 27.3. The Kier molecular flexibility index (Phi) is 6.93. The van der Waals surface area contributed by atoms with Crippen molar-refractivity contribution in [2.45, 2.75) is 45.4 Å². The number of anilines is 2. The monoisotopic (exact) mass is 407 g/mol. The lowest BCUT2D eigenvalue weighted by atomic mass is 9.87. The molecule has 2 aromatic carbocycles. The maximum Gasteiger partial charge on any atom is 0.255 e. The Balaban J connectivity index is 1.57. The lowest BCUT2D eigenvalue weighted by Crippen LogP contribution is -2.31. The summed E-state index contributed by atoms with van der Waals surface area (Å²) in [5.74, 6) is 0.316. The fraction of sp³-hybridized carbons (Fsp3) is 0.440. The minimum absolute atomic E-state index is 0.0331. The molecule has 1 fully saturated rings. The standard InChI is InChI=1S/C25H33N3O2/c1-25(2,3)20-10-8-19(9-11-20)24(30)27-22-7-5-6-21(17-22)26-23(29)16-18-12-14-28(4)15-13-18/h5-11,17-18H,12-16H2,1-4H3,(H,26,29)(H,27,30). The van der Waals surface area contributed by atoms with Crippen molar-refractivity contribution in [3.63, 3.8) is 0 Å². The van der Waals surface area contributed by atoms with E-state index in [1.165, 1.54) is 5.56 Å². The number of nitrogens with zero attached hydrogens (tertiary/aromatic N) is 1. The largest absolute Gasteiger partial charge is 0.326 e. The Morgan fingerprint density at radius 3 is 2.17 bits per heavy atom. The molecule has 0 spiro atoms. The third-order valence-electron chi connectivity index (χ3n) is 5.73. The van der Waals surface area contributed by atoms with Crippen molar-refractivity contribution in [1.29, 1.82) is 0 Å². The van der Waals surface area contributed by atoms with E-state index in [2.05, 4.69) is 43.4 Å². The van der Waals surface area contributed by atoms with Gasteiger partial charge in [-0.25, -0.2) is 0 Å². The molecule has 2 N–H and O–H groups in total. The lowest BCUT2D eigenvalue weighted by molar-refractivity contribution is -0.117.